The zero-order chi connectivity index (χ0) is 47.0. The minimum atomic E-state index is -1.00. The van der Waals surface area contributed by atoms with Crippen molar-refractivity contribution in [3.63, 3.8) is 0 Å². The predicted molar refractivity (Wildman–Crippen MR) is 234 cm³/mol. The van der Waals surface area contributed by atoms with Gasteiger partial charge in [-0.3, -0.25) is 19.4 Å². The second kappa shape index (κ2) is 34.9. The summed E-state index contributed by atoms with van der Waals surface area (Å²) < 4.78 is 24.0. The molecule has 4 aliphatic rings. The Hall–Kier alpha value is -3.44. The van der Waals surface area contributed by atoms with Crippen molar-refractivity contribution < 1.29 is 91.9 Å². The van der Waals surface area contributed by atoms with Crippen LogP contribution in [0.3, 0.4) is 0 Å². The number of esters is 3. The Labute approximate surface area is 401 Å². The molecule has 2 amide bonds. The summed E-state index contributed by atoms with van der Waals surface area (Å²) in [7, 11) is 4.05. The van der Waals surface area contributed by atoms with Crippen molar-refractivity contribution >= 4 is 50.8 Å². The number of hydrogen-bond donors (Lipinski definition) is 3. The predicted octanol–water partition coefficient (Wildman–Crippen LogP) is 2.31. The first-order valence-corrected chi connectivity index (χ1v) is 20.4. The van der Waals surface area contributed by atoms with Crippen molar-refractivity contribution in [1.82, 2.24) is 15.1 Å². The van der Waals surface area contributed by atoms with Crippen LogP contribution in [0.2, 0.25) is 0 Å². The van der Waals surface area contributed by atoms with Gasteiger partial charge in [0.1, 0.15) is 41.7 Å². The first kappa shape index (κ1) is 68.6. The standard InChI is InChI=1S/C13H23NO4.C12H21NO4.C8H15NO2.C4H9NO2.C4H6O.CN.CH4.B.Na/c1-9(11(15)17-5)14(8-10-6-7-10)12(16)18-13(2,3)4;1-8(10(14)15)13(7-9-5-6-9)11(16)17-12(2,3)4;1-6(8(10)11-2)9-5-7-3-4-7;1-3(5)4(6)7-2;5-3-4-1-2-4;1-2;;;/h9-10H,6-8H2,1-5H3;8-9H,5-7H2,1-4H3,(H,14,15);6-7,9H,3-5H2,1-2H3;3H,5H2,1-2H3;3-4H,1-2H2;;1H4;;/q;;;;;-1;;;+1/t9-;8-;6-;3-;;;;;/m0000...../s1. The maximum Gasteiger partial charge on any atom is 1.00 e. The molecule has 0 aromatic carbocycles. The normalized spacial score (nSPS) is 16.2. The van der Waals surface area contributed by atoms with Crippen LogP contribution in [0.1, 0.15) is 128 Å². The minimum Gasteiger partial charge on any atom is -0.512 e. The molecule has 0 heterocycles. The Morgan fingerprint density at radius 2 is 1.05 bits per heavy atom. The van der Waals surface area contributed by atoms with Crippen LogP contribution in [0.25, 0.3) is 0 Å². The monoisotopic (exact) mass is 907 g/mol. The number of carboxylic acids is 1. The second-order valence-electron chi connectivity index (χ2n) is 17.2. The van der Waals surface area contributed by atoms with Gasteiger partial charge in [-0.05, 0) is 145 Å². The van der Waals surface area contributed by atoms with E-state index in [0.29, 0.717) is 30.8 Å². The number of amides is 2. The summed E-state index contributed by atoms with van der Waals surface area (Å²) in [6.45, 7) is 24.1. The number of carbonyl (C=O) groups excluding carboxylic acids is 6. The van der Waals surface area contributed by atoms with Crippen molar-refractivity contribution in [2.45, 2.75) is 163 Å². The fourth-order valence-corrected chi connectivity index (χ4v) is 4.35. The molecule has 0 unspecified atom stereocenters. The number of nitrogens with two attached hydrogens (primary N) is 1. The van der Waals surface area contributed by atoms with Gasteiger partial charge in [0.15, 0.2) is 0 Å². The van der Waals surface area contributed by atoms with Gasteiger partial charge in [0.05, 0.1) is 21.3 Å². The molecular formula is C43H78BN5NaO13. The number of hydrogen-bond acceptors (Lipinski definition) is 15. The van der Waals surface area contributed by atoms with Crippen LogP contribution in [0.15, 0.2) is 0 Å². The quantitative estimate of drug-likeness (QED) is 0.0743. The maximum absolute atomic E-state index is 12.1. The Morgan fingerprint density at radius 3 is 1.27 bits per heavy atom. The van der Waals surface area contributed by atoms with E-state index in [4.69, 9.17) is 32.1 Å². The van der Waals surface area contributed by atoms with Crippen LogP contribution < -0.4 is 40.6 Å². The number of methoxy groups -OCH3 is 3. The average Bonchev–Trinajstić information content (AvgIpc) is 3.99. The SMILES string of the molecule is C.COC(=O)[C@H](C)N.COC(=O)[C@H](C)N(CC1CC1)C(=O)OC(C)(C)C.COC(=O)[C@H](C)NCC1CC1.C[C@@H](C(=O)O)N(CC1CC1)C(=O)OC(C)(C)C.O=CC1CC1.[B].[C-]#N.[Na+]. The summed E-state index contributed by atoms with van der Waals surface area (Å²) in [6.07, 6.45) is 9.26. The van der Waals surface area contributed by atoms with Gasteiger partial charge < -0.3 is 56.5 Å². The number of carbonyl (C=O) groups is 7. The van der Waals surface area contributed by atoms with Crippen LogP contribution in [0.4, 0.5) is 9.59 Å². The molecule has 4 aliphatic carbocycles. The van der Waals surface area contributed by atoms with Crippen molar-refractivity contribution in [3.05, 3.63) is 6.57 Å². The molecular weight excluding hydrogens is 828 g/mol. The molecule has 18 nitrogen and oxygen atoms in total. The fourth-order valence-electron chi connectivity index (χ4n) is 4.35. The van der Waals surface area contributed by atoms with Crippen molar-refractivity contribution in [3.8, 4) is 0 Å². The van der Waals surface area contributed by atoms with E-state index < -0.39 is 53.5 Å². The third kappa shape index (κ3) is 36.6. The van der Waals surface area contributed by atoms with Gasteiger partial charge in [-0.15, -0.1) is 0 Å². The topological polar surface area (TPSA) is 254 Å². The summed E-state index contributed by atoms with van der Waals surface area (Å²) >= 11 is 0. The van der Waals surface area contributed by atoms with Crippen LogP contribution in [-0.2, 0) is 47.7 Å². The molecule has 0 bridgehead atoms. The van der Waals surface area contributed by atoms with E-state index >= 15 is 0 Å². The Bertz CT molecular complexity index is 1360. The minimum absolute atomic E-state index is 0. The van der Waals surface area contributed by atoms with E-state index in [1.165, 1.54) is 50.9 Å². The molecule has 0 saturated heterocycles. The van der Waals surface area contributed by atoms with Crippen LogP contribution in [-0.4, -0.2) is 142 Å². The van der Waals surface area contributed by atoms with E-state index in [1.807, 2.05) is 27.7 Å². The first-order chi connectivity index (χ1) is 27.8. The van der Waals surface area contributed by atoms with Gasteiger partial charge in [-0.25, -0.2) is 19.2 Å². The summed E-state index contributed by atoms with van der Waals surface area (Å²) in [5.74, 6) is 0.217. The summed E-state index contributed by atoms with van der Waals surface area (Å²) in [5, 5.41) is 18.4. The smallest absolute Gasteiger partial charge is 0.512 e. The number of ether oxygens (including phenoxy) is 5. The molecule has 20 heteroatoms. The van der Waals surface area contributed by atoms with E-state index in [0.717, 1.165) is 57.3 Å². The molecule has 0 aromatic rings. The Kier molecular flexibility index (Phi) is 38.0. The van der Waals surface area contributed by atoms with Gasteiger partial charge in [0.2, 0.25) is 0 Å². The number of nitrogens with one attached hydrogen (secondary N) is 1. The van der Waals surface area contributed by atoms with Gasteiger partial charge in [-0.2, -0.15) is 0 Å². The van der Waals surface area contributed by atoms with Crippen molar-refractivity contribution in [2.24, 2.45) is 29.4 Å². The van der Waals surface area contributed by atoms with Crippen molar-refractivity contribution in [2.75, 3.05) is 41.0 Å². The molecule has 4 atom stereocenters. The van der Waals surface area contributed by atoms with Gasteiger partial charge in [0, 0.05) is 27.4 Å². The summed E-state index contributed by atoms with van der Waals surface area (Å²) in [4.78, 5) is 79.9. The molecule has 357 valence electrons. The molecule has 4 N–H and O–H groups in total. The summed E-state index contributed by atoms with van der Waals surface area (Å²) in [6, 6.07) is -2.10. The van der Waals surface area contributed by atoms with E-state index in [2.05, 4.69) is 19.5 Å². The molecule has 4 saturated carbocycles. The fraction of sp³-hybridized carbons (Fsp3) is 0.814. The van der Waals surface area contributed by atoms with Gasteiger partial charge in [-0.1, -0.05) is 7.43 Å². The molecule has 0 spiro atoms. The third-order valence-corrected chi connectivity index (χ3v) is 8.75. The number of rotatable bonds is 14. The van der Waals surface area contributed by atoms with Gasteiger partial charge in [0.25, 0.3) is 0 Å². The molecule has 3 radical (unpaired) electrons. The molecule has 63 heavy (non-hydrogen) atoms. The zero-order valence-electron chi connectivity index (χ0n) is 39.8. The molecule has 0 aromatic heterocycles. The Balaban J connectivity index is -0.000000230. The largest absolute Gasteiger partial charge is 1.00 e. The van der Waals surface area contributed by atoms with E-state index in [-0.39, 0.29) is 63.4 Å². The Morgan fingerprint density at radius 1 is 0.698 bits per heavy atom. The van der Waals surface area contributed by atoms with Crippen LogP contribution in [0.5, 0.6) is 0 Å². The van der Waals surface area contributed by atoms with Crippen LogP contribution in [0, 0.1) is 35.5 Å². The van der Waals surface area contributed by atoms with Crippen LogP contribution >= 0.6 is 0 Å². The third-order valence-electron chi connectivity index (χ3n) is 8.75. The van der Waals surface area contributed by atoms with Crippen molar-refractivity contribution in [1.29, 1.82) is 5.26 Å². The number of carboxylic acid groups (broad SMARTS) is 1. The molecule has 4 rings (SSSR count). The van der Waals surface area contributed by atoms with Gasteiger partial charge >= 0.3 is 65.6 Å². The summed E-state index contributed by atoms with van der Waals surface area (Å²) in [5.41, 5.74) is 3.91. The van der Waals surface area contributed by atoms with E-state index in [1.54, 1.807) is 34.6 Å². The zero-order valence-corrected chi connectivity index (χ0v) is 41.8. The maximum atomic E-state index is 12.1. The molecule has 0 aliphatic heterocycles. The molecule has 4 fully saturated rings. The number of aliphatic carboxylic acids is 1. The van der Waals surface area contributed by atoms with E-state index in [9.17, 15) is 33.6 Å². The number of nitrogens with zero attached hydrogens (tertiary/aromatic N) is 3. The first-order valence-electron chi connectivity index (χ1n) is 20.4. The second-order valence-corrected chi connectivity index (χ2v) is 17.2. The number of aldehydes is 1. The average molecular weight is 907 g/mol.